The van der Waals surface area contributed by atoms with E-state index in [1.165, 1.54) is 36.8 Å². The molecule has 0 bridgehead atoms. The van der Waals surface area contributed by atoms with Gasteiger partial charge in [0.05, 0.1) is 5.52 Å². The number of carbonyl (C=O) groups is 1. The van der Waals surface area contributed by atoms with Gasteiger partial charge in [-0.3, -0.25) is 9.89 Å². The Morgan fingerprint density at radius 2 is 1.67 bits per heavy atom. The van der Waals surface area contributed by atoms with Crippen LogP contribution < -0.4 is 0 Å². The SMILES string of the molecule is O=C(O)CCCCCCCCCc1[nH]nc2ccccc12. The molecule has 2 aromatic rings. The second-order valence-electron chi connectivity index (χ2n) is 5.59. The van der Waals surface area contributed by atoms with Gasteiger partial charge in [0.15, 0.2) is 0 Å². The summed E-state index contributed by atoms with van der Waals surface area (Å²) in [6.45, 7) is 0. The van der Waals surface area contributed by atoms with E-state index in [-0.39, 0.29) is 0 Å². The predicted molar refractivity (Wildman–Crippen MR) is 84.4 cm³/mol. The largest absolute Gasteiger partial charge is 0.481 e. The van der Waals surface area contributed by atoms with Crippen LogP contribution in [-0.2, 0) is 11.2 Å². The van der Waals surface area contributed by atoms with E-state index in [1.54, 1.807) is 0 Å². The van der Waals surface area contributed by atoms with E-state index in [0.29, 0.717) is 6.42 Å². The van der Waals surface area contributed by atoms with Crippen LogP contribution in [0.4, 0.5) is 0 Å². The van der Waals surface area contributed by atoms with Gasteiger partial charge in [0, 0.05) is 17.5 Å². The average Bonchev–Trinajstić information content (AvgIpc) is 2.88. The summed E-state index contributed by atoms with van der Waals surface area (Å²) in [4.78, 5) is 10.4. The van der Waals surface area contributed by atoms with E-state index in [9.17, 15) is 4.79 Å². The first-order valence-corrected chi connectivity index (χ1v) is 7.91. The van der Waals surface area contributed by atoms with Crippen molar-refractivity contribution in [3.63, 3.8) is 0 Å². The minimum Gasteiger partial charge on any atom is -0.481 e. The summed E-state index contributed by atoms with van der Waals surface area (Å²) in [5.74, 6) is -0.679. The van der Waals surface area contributed by atoms with Gasteiger partial charge in [0.25, 0.3) is 0 Å². The lowest BCUT2D eigenvalue weighted by atomic mass is 10.1. The smallest absolute Gasteiger partial charge is 0.303 e. The lowest BCUT2D eigenvalue weighted by Crippen LogP contribution is -1.93. The molecule has 0 aliphatic rings. The molecule has 4 heteroatoms. The molecule has 0 spiro atoms. The van der Waals surface area contributed by atoms with Crippen molar-refractivity contribution < 1.29 is 9.90 Å². The number of aromatic amines is 1. The van der Waals surface area contributed by atoms with Crippen molar-refractivity contribution in [1.82, 2.24) is 10.2 Å². The maximum Gasteiger partial charge on any atom is 0.303 e. The van der Waals surface area contributed by atoms with Crippen molar-refractivity contribution in [1.29, 1.82) is 0 Å². The highest BCUT2D eigenvalue weighted by atomic mass is 16.4. The number of nitrogens with zero attached hydrogens (tertiary/aromatic N) is 1. The van der Waals surface area contributed by atoms with E-state index < -0.39 is 5.97 Å². The van der Waals surface area contributed by atoms with Crippen LogP contribution in [0.1, 0.15) is 57.1 Å². The standard InChI is InChI=1S/C17H24N2O2/c20-17(21)13-7-5-3-1-2-4-6-11-15-14-10-8-9-12-16(14)19-18-15/h8-10,12H,1-7,11,13H2,(H,18,19)(H,20,21). The highest BCUT2D eigenvalue weighted by molar-refractivity contribution is 5.81. The molecule has 0 aliphatic heterocycles. The number of unbranched alkanes of at least 4 members (excludes halogenated alkanes) is 6. The Bertz CT molecular complexity index is 563. The van der Waals surface area contributed by atoms with Crippen LogP contribution in [0.3, 0.4) is 0 Å². The monoisotopic (exact) mass is 288 g/mol. The van der Waals surface area contributed by atoms with Gasteiger partial charge < -0.3 is 5.11 Å². The summed E-state index contributed by atoms with van der Waals surface area (Å²) < 4.78 is 0. The molecule has 0 aliphatic carbocycles. The van der Waals surface area contributed by atoms with Gasteiger partial charge in [-0.05, 0) is 25.3 Å². The zero-order valence-corrected chi connectivity index (χ0v) is 12.5. The molecule has 114 valence electrons. The molecule has 1 aromatic carbocycles. The number of fused-ring (bicyclic) bond motifs is 1. The van der Waals surface area contributed by atoms with Gasteiger partial charge in [-0.2, -0.15) is 5.10 Å². The Morgan fingerprint density at radius 1 is 1.00 bits per heavy atom. The van der Waals surface area contributed by atoms with Gasteiger partial charge >= 0.3 is 5.97 Å². The molecule has 2 N–H and O–H groups in total. The fraction of sp³-hybridized carbons (Fsp3) is 0.529. The quantitative estimate of drug-likeness (QED) is 0.640. The van der Waals surface area contributed by atoms with Crippen LogP contribution in [0.25, 0.3) is 10.9 Å². The van der Waals surface area contributed by atoms with Gasteiger partial charge in [-0.25, -0.2) is 0 Å². The Balaban J connectivity index is 1.55. The van der Waals surface area contributed by atoms with Crippen molar-refractivity contribution in [2.45, 2.75) is 57.8 Å². The lowest BCUT2D eigenvalue weighted by molar-refractivity contribution is -0.137. The van der Waals surface area contributed by atoms with Crippen molar-refractivity contribution in [2.24, 2.45) is 0 Å². The summed E-state index contributed by atoms with van der Waals surface area (Å²) in [7, 11) is 0. The first-order valence-electron chi connectivity index (χ1n) is 7.91. The van der Waals surface area contributed by atoms with E-state index in [1.807, 2.05) is 12.1 Å². The Morgan fingerprint density at radius 3 is 2.43 bits per heavy atom. The van der Waals surface area contributed by atoms with E-state index in [0.717, 1.165) is 31.2 Å². The Kier molecular flexibility index (Phi) is 6.25. The van der Waals surface area contributed by atoms with Crippen molar-refractivity contribution in [2.75, 3.05) is 0 Å². The summed E-state index contributed by atoms with van der Waals surface area (Å²) in [6.07, 6.45) is 9.23. The number of hydrogen-bond acceptors (Lipinski definition) is 2. The van der Waals surface area contributed by atoms with Gasteiger partial charge in [-0.15, -0.1) is 0 Å². The Hall–Kier alpha value is -1.84. The molecule has 0 unspecified atom stereocenters. The fourth-order valence-corrected chi connectivity index (χ4v) is 2.67. The molecule has 1 aromatic heterocycles. The van der Waals surface area contributed by atoms with Crippen molar-refractivity contribution in [3.05, 3.63) is 30.0 Å². The number of carboxylic acid groups (broad SMARTS) is 1. The minimum absolute atomic E-state index is 0.312. The van der Waals surface area contributed by atoms with Crippen molar-refractivity contribution >= 4 is 16.9 Å². The Labute approximate surface area is 125 Å². The number of nitrogens with one attached hydrogen (secondary N) is 1. The zero-order chi connectivity index (χ0) is 14.9. The molecule has 4 nitrogen and oxygen atoms in total. The highest BCUT2D eigenvalue weighted by Gasteiger charge is 2.03. The number of carboxylic acids is 1. The number of benzene rings is 1. The third-order valence-corrected chi connectivity index (χ3v) is 3.86. The first kappa shape index (κ1) is 15.5. The molecule has 1 heterocycles. The second kappa shape index (κ2) is 8.45. The fourth-order valence-electron chi connectivity index (χ4n) is 2.67. The number of para-hydroxylation sites is 1. The van der Waals surface area contributed by atoms with Crippen molar-refractivity contribution in [3.8, 4) is 0 Å². The van der Waals surface area contributed by atoms with Crippen LogP contribution in [0.2, 0.25) is 0 Å². The molecular formula is C17H24N2O2. The molecule has 0 fully saturated rings. The molecule has 0 saturated heterocycles. The number of aromatic nitrogens is 2. The van der Waals surface area contributed by atoms with Gasteiger partial charge in [-0.1, -0.05) is 50.3 Å². The summed E-state index contributed by atoms with van der Waals surface area (Å²) in [5, 5.41) is 17.2. The maximum atomic E-state index is 10.4. The number of H-pyrrole nitrogens is 1. The zero-order valence-electron chi connectivity index (χ0n) is 12.5. The number of aryl methyl sites for hydroxylation is 1. The van der Waals surface area contributed by atoms with Crippen LogP contribution in [0.5, 0.6) is 0 Å². The molecule has 0 atom stereocenters. The third kappa shape index (κ3) is 5.21. The number of aliphatic carboxylic acids is 1. The topological polar surface area (TPSA) is 66.0 Å². The van der Waals surface area contributed by atoms with E-state index in [4.69, 9.17) is 5.11 Å². The van der Waals surface area contributed by atoms with Crippen LogP contribution in [-0.4, -0.2) is 21.3 Å². The molecule has 21 heavy (non-hydrogen) atoms. The van der Waals surface area contributed by atoms with Crippen LogP contribution in [0, 0.1) is 0 Å². The summed E-state index contributed by atoms with van der Waals surface area (Å²) in [6, 6.07) is 8.22. The van der Waals surface area contributed by atoms with E-state index >= 15 is 0 Å². The lowest BCUT2D eigenvalue weighted by Gasteiger charge is -2.01. The highest BCUT2D eigenvalue weighted by Crippen LogP contribution is 2.17. The third-order valence-electron chi connectivity index (χ3n) is 3.86. The summed E-state index contributed by atoms with van der Waals surface area (Å²) >= 11 is 0. The van der Waals surface area contributed by atoms with Crippen LogP contribution in [0.15, 0.2) is 24.3 Å². The van der Waals surface area contributed by atoms with E-state index in [2.05, 4.69) is 22.3 Å². The minimum atomic E-state index is -0.679. The second-order valence-corrected chi connectivity index (χ2v) is 5.59. The molecule has 2 rings (SSSR count). The molecular weight excluding hydrogens is 264 g/mol. The molecule has 0 amide bonds. The number of rotatable bonds is 10. The normalized spacial score (nSPS) is 11.0. The molecule has 0 saturated carbocycles. The predicted octanol–water partition coefficient (Wildman–Crippen LogP) is 4.31. The van der Waals surface area contributed by atoms with Gasteiger partial charge in [0.1, 0.15) is 0 Å². The van der Waals surface area contributed by atoms with Crippen LogP contribution >= 0.6 is 0 Å². The van der Waals surface area contributed by atoms with Gasteiger partial charge in [0.2, 0.25) is 0 Å². The summed E-state index contributed by atoms with van der Waals surface area (Å²) in [5.41, 5.74) is 2.29. The first-order chi connectivity index (χ1) is 10.3. The average molecular weight is 288 g/mol. The number of hydrogen-bond donors (Lipinski definition) is 2. The molecule has 0 radical (unpaired) electrons. The maximum absolute atomic E-state index is 10.4.